The van der Waals surface area contributed by atoms with Crippen molar-refractivity contribution in [3.05, 3.63) is 259 Å². The molecule has 11 aromatic carbocycles. The van der Waals surface area contributed by atoms with E-state index in [1.165, 1.54) is 110 Å². The van der Waals surface area contributed by atoms with Crippen molar-refractivity contribution in [3.63, 3.8) is 0 Å². The van der Waals surface area contributed by atoms with Gasteiger partial charge in [-0.25, -0.2) is 4.98 Å². The van der Waals surface area contributed by atoms with Crippen LogP contribution in [-0.2, 0) is 11.8 Å². The summed E-state index contributed by atoms with van der Waals surface area (Å²) >= 11 is 0. The molecule has 2 aromatic heterocycles. The summed E-state index contributed by atoms with van der Waals surface area (Å²) in [5, 5.41) is 9.94. The normalized spacial score (nSPS) is 14.6. The molecule has 70 heavy (non-hydrogen) atoms. The van der Waals surface area contributed by atoms with E-state index >= 15 is 0 Å². The minimum absolute atomic E-state index is 0.436. The molecule has 2 heterocycles. The first kappa shape index (κ1) is 40.2. The lowest BCUT2D eigenvalue weighted by Gasteiger charge is -2.35. The molecule has 0 aliphatic heterocycles. The topological polar surface area (TPSA) is 17.3 Å². The molecule has 1 atom stereocenters. The fraction of sp³-hybridized carbons (Fsp3) is 0.0441. The van der Waals surface area contributed by atoms with Gasteiger partial charge in [-0.15, -0.1) is 0 Å². The molecule has 0 radical (unpaired) electrons. The Bertz CT molecular complexity index is 4240. The minimum Gasteiger partial charge on any atom is -0.299 e. The second-order valence-corrected chi connectivity index (χ2v) is 19.2. The molecule has 13 aromatic rings. The lowest BCUT2D eigenvalue weighted by molar-refractivity contribution is 0.598. The van der Waals surface area contributed by atoms with E-state index in [-0.39, 0.29) is 0 Å². The van der Waals surface area contributed by atoms with Crippen LogP contribution in [-0.4, -0.2) is 9.38 Å². The summed E-state index contributed by atoms with van der Waals surface area (Å²) in [5.41, 5.74) is 18.9. The summed E-state index contributed by atoms with van der Waals surface area (Å²) in [6.07, 6.45) is 7.93. The lowest BCUT2D eigenvalue weighted by Crippen LogP contribution is -2.27. The molecule has 0 N–H and O–H groups in total. The molecular weight excluding hydrogens is 845 g/mol. The summed E-state index contributed by atoms with van der Waals surface area (Å²) in [6.45, 7) is 2.45. The Kier molecular flexibility index (Phi) is 9.12. The molecule has 1 aliphatic rings. The van der Waals surface area contributed by atoms with Crippen molar-refractivity contribution in [3.8, 4) is 55.6 Å². The van der Waals surface area contributed by atoms with Gasteiger partial charge in [0.15, 0.2) is 0 Å². The number of rotatable bonds is 6. The van der Waals surface area contributed by atoms with E-state index in [2.05, 4.69) is 260 Å². The van der Waals surface area contributed by atoms with Crippen LogP contribution in [0.2, 0.25) is 0 Å². The maximum atomic E-state index is 5.67. The highest BCUT2D eigenvalue weighted by atomic mass is 15.0. The van der Waals surface area contributed by atoms with Crippen LogP contribution in [0.3, 0.4) is 0 Å². The van der Waals surface area contributed by atoms with Crippen molar-refractivity contribution in [2.24, 2.45) is 0 Å². The molecule has 0 saturated heterocycles. The third-order valence-corrected chi connectivity index (χ3v) is 15.1. The molecule has 14 rings (SSSR count). The zero-order chi connectivity index (χ0) is 46.3. The molecule has 0 amide bonds. The van der Waals surface area contributed by atoms with Crippen LogP contribution in [0.5, 0.6) is 0 Å². The first-order valence-electron chi connectivity index (χ1n) is 24.4. The maximum Gasteiger partial charge on any atom is 0.137 e. The van der Waals surface area contributed by atoms with Gasteiger partial charge >= 0.3 is 0 Å². The highest BCUT2D eigenvalue weighted by molar-refractivity contribution is 6.23. The Labute approximate surface area is 407 Å². The third kappa shape index (κ3) is 6.10. The summed E-state index contributed by atoms with van der Waals surface area (Å²) < 4.78 is 2.33. The Balaban J connectivity index is 1.07. The first-order valence-corrected chi connectivity index (χ1v) is 24.4. The zero-order valence-corrected chi connectivity index (χ0v) is 38.8. The number of fused-ring (bicyclic) bond motifs is 8. The molecule has 0 fully saturated rings. The molecular formula is C68H46N2. The van der Waals surface area contributed by atoms with Gasteiger partial charge in [0.2, 0.25) is 0 Å². The summed E-state index contributed by atoms with van der Waals surface area (Å²) in [4.78, 5) is 5.67. The van der Waals surface area contributed by atoms with Crippen LogP contribution in [0.4, 0.5) is 0 Å². The monoisotopic (exact) mass is 890 g/mol. The predicted molar refractivity (Wildman–Crippen MR) is 296 cm³/mol. The molecule has 328 valence electrons. The molecule has 0 spiro atoms. The van der Waals surface area contributed by atoms with Crippen LogP contribution >= 0.6 is 0 Å². The second kappa shape index (κ2) is 15.9. The number of allylic oxidation sites excluding steroid dienone is 1. The zero-order valence-electron chi connectivity index (χ0n) is 38.8. The van der Waals surface area contributed by atoms with Crippen molar-refractivity contribution >= 4 is 65.8 Å². The maximum absolute atomic E-state index is 5.67. The van der Waals surface area contributed by atoms with Gasteiger partial charge in [-0.3, -0.25) is 4.40 Å². The third-order valence-electron chi connectivity index (χ3n) is 15.1. The van der Waals surface area contributed by atoms with Crippen molar-refractivity contribution in [1.29, 1.82) is 0 Å². The smallest absolute Gasteiger partial charge is 0.137 e. The van der Waals surface area contributed by atoms with Gasteiger partial charge in [0.1, 0.15) is 5.65 Å². The number of nitrogens with zero attached hydrogens (tertiary/aromatic N) is 2. The van der Waals surface area contributed by atoms with Crippen molar-refractivity contribution in [1.82, 2.24) is 9.38 Å². The van der Waals surface area contributed by atoms with Crippen LogP contribution in [0, 0.1) is 0 Å². The van der Waals surface area contributed by atoms with Gasteiger partial charge in [-0.2, -0.15) is 0 Å². The fourth-order valence-corrected chi connectivity index (χ4v) is 12.2. The first-order chi connectivity index (χ1) is 34.6. The Morgan fingerprint density at radius 2 is 0.829 bits per heavy atom. The van der Waals surface area contributed by atoms with Crippen molar-refractivity contribution in [2.75, 3.05) is 0 Å². The second-order valence-electron chi connectivity index (χ2n) is 19.2. The van der Waals surface area contributed by atoms with E-state index in [0.717, 1.165) is 28.7 Å². The van der Waals surface area contributed by atoms with Crippen LogP contribution in [0.25, 0.3) is 121 Å². The van der Waals surface area contributed by atoms with Gasteiger partial charge in [-0.05, 0) is 134 Å². The van der Waals surface area contributed by atoms with E-state index in [1.54, 1.807) is 0 Å². The number of aromatic nitrogens is 2. The summed E-state index contributed by atoms with van der Waals surface area (Å²) in [5.74, 6) is 0. The number of imidazole rings is 1. The molecule has 0 saturated carbocycles. The van der Waals surface area contributed by atoms with Crippen LogP contribution < -0.4 is 0 Å². The average Bonchev–Trinajstić information content (AvgIpc) is 3.80. The Hall–Kier alpha value is -8.85. The highest BCUT2D eigenvalue weighted by Crippen LogP contribution is 2.53. The van der Waals surface area contributed by atoms with Gasteiger partial charge in [0.25, 0.3) is 0 Å². The summed E-state index contributed by atoms with van der Waals surface area (Å²) in [6, 6.07) is 84.5. The van der Waals surface area contributed by atoms with Gasteiger partial charge in [0.05, 0.1) is 11.0 Å². The fourth-order valence-electron chi connectivity index (χ4n) is 12.2. The van der Waals surface area contributed by atoms with Crippen molar-refractivity contribution < 1.29 is 0 Å². The van der Waals surface area contributed by atoms with E-state index in [9.17, 15) is 0 Å². The Morgan fingerprint density at radius 1 is 0.386 bits per heavy atom. The molecule has 2 heteroatoms. The Morgan fingerprint density at radius 3 is 1.41 bits per heavy atom. The van der Waals surface area contributed by atoms with E-state index < -0.39 is 5.41 Å². The number of benzene rings is 11. The van der Waals surface area contributed by atoms with E-state index in [0.29, 0.717) is 0 Å². The summed E-state index contributed by atoms with van der Waals surface area (Å²) in [7, 11) is 0. The van der Waals surface area contributed by atoms with Gasteiger partial charge < -0.3 is 0 Å². The largest absolute Gasteiger partial charge is 0.299 e. The number of hydrogen-bond acceptors (Lipinski definition) is 1. The number of hydrogen-bond donors (Lipinski definition) is 0. The van der Waals surface area contributed by atoms with Gasteiger partial charge in [0, 0.05) is 17.2 Å². The standard InChI is InChI=1S/C68H46N2/c1-68(40-39-55-58(43-68)63(47-28-12-5-13-29-47)52-33-17-15-31-50(52)61(55)45-24-8-3-9-25-45)65-56-35-19-18-34-53(56)64(67-66(65)69-59-36-20-21-41-70(59)67)48-37-38-54-57(42-48)62(46-26-10-4-11-27-46)51-32-16-14-30-49(51)60(54)44-22-6-2-7-23-44/h2-42H,43H2,1H3. The lowest BCUT2D eigenvalue weighted by atomic mass is 9.67. The quantitative estimate of drug-likeness (QED) is 0.152. The highest BCUT2D eigenvalue weighted by Gasteiger charge is 2.37. The van der Waals surface area contributed by atoms with Gasteiger partial charge in [-0.1, -0.05) is 231 Å². The van der Waals surface area contributed by atoms with Crippen LogP contribution in [0.15, 0.2) is 243 Å². The molecule has 1 aliphatic carbocycles. The van der Waals surface area contributed by atoms with Crippen molar-refractivity contribution in [2.45, 2.75) is 18.8 Å². The average molecular weight is 891 g/mol. The van der Waals surface area contributed by atoms with Crippen LogP contribution in [0.1, 0.15) is 23.6 Å². The minimum atomic E-state index is -0.436. The number of pyridine rings is 1. The van der Waals surface area contributed by atoms with E-state index in [1.807, 2.05) is 0 Å². The molecule has 1 unspecified atom stereocenters. The predicted octanol–water partition coefficient (Wildman–Crippen LogP) is 18.0. The molecule has 0 bridgehead atoms. The SMILES string of the molecule is CC1(c2c3ccccc3c(-c3ccc4c(-c5ccccc5)c5ccccc5c(-c5ccccc5)c4c3)c3c2nc2ccccn23)C=Cc2c(c(-c3ccccc3)c3ccccc3c2-c2ccccc2)C1. The molecule has 2 nitrogen and oxygen atoms in total. The van der Waals surface area contributed by atoms with E-state index in [4.69, 9.17) is 4.98 Å².